The Bertz CT molecular complexity index is 271. The highest BCUT2D eigenvalue weighted by atomic mass is 16.5. The van der Waals surface area contributed by atoms with Crippen LogP contribution in [0.4, 0.5) is 0 Å². The third kappa shape index (κ3) is 3.10. The first kappa shape index (κ1) is 10.1. The van der Waals surface area contributed by atoms with Crippen LogP contribution in [-0.4, -0.2) is 5.60 Å². The summed E-state index contributed by atoms with van der Waals surface area (Å²) >= 11 is 0. The molecule has 0 aliphatic heterocycles. The van der Waals surface area contributed by atoms with E-state index in [-0.39, 0.29) is 5.60 Å². The van der Waals surface area contributed by atoms with Gasteiger partial charge in [0, 0.05) is 0 Å². The van der Waals surface area contributed by atoms with Crippen molar-refractivity contribution in [1.82, 2.24) is 0 Å². The highest BCUT2D eigenvalue weighted by molar-refractivity contribution is 5.38. The van der Waals surface area contributed by atoms with E-state index in [4.69, 9.17) is 4.74 Å². The van der Waals surface area contributed by atoms with Crippen LogP contribution < -0.4 is 4.74 Å². The van der Waals surface area contributed by atoms with Gasteiger partial charge in [0.1, 0.15) is 11.4 Å². The first-order valence-electron chi connectivity index (χ1n) is 4.60. The topological polar surface area (TPSA) is 9.23 Å². The molecule has 0 aliphatic carbocycles. The summed E-state index contributed by atoms with van der Waals surface area (Å²) < 4.78 is 5.79. The van der Waals surface area contributed by atoms with Gasteiger partial charge >= 0.3 is 0 Å². The van der Waals surface area contributed by atoms with E-state index >= 15 is 0 Å². The van der Waals surface area contributed by atoms with E-state index in [9.17, 15) is 0 Å². The van der Waals surface area contributed by atoms with Crippen molar-refractivity contribution in [3.63, 3.8) is 0 Å². The number of rotatable bonds is 2. The molecule has 0 N–H and O–H groups in total. The Kier molecular flexibility index (Phi) is 2.97. The van der Waals surface area contributed by atoms with Gasteiger partial charge < -0.3 is 4.74 Å². The van der Waals surface area contributed by atoms with Gasteiger partial charge in [0.25, 0.3) is 0 Å². The summed E-state index contributed by atoms with van der Waals surface area (Å²) in [4.78, 5) is 0. The maximum atomic E-state index is 5.79. The summed E-state index contributed by atoms with van der Waals surface area (Å²) in [7, 11) is 0. The summed E-state index contributed by atoms with van der Waals surface area (Å²) in [6, 6.07) is 8.07. The van der Waals surface area contributed by atoms with Crippen molar-refractivity contribution in [2.45, 2.75) is 33.3 Å². The minimum atomic E-state index is -0.126. The lowest BCUT2D eigenvalue weighted by atomic mass is 10.1. The number of ether oxygens (including phenoxy) is 1. The molecule has 0 saturated heterocycles. The Morgan fingerprint density at radius 3 is 2.31 bits per heavy atom. The number of benzene rings is 1. The van der Waals surface area contributed by atoms with Crippen molar-refractivity contribution >= 4 is 0 Å². The van der Waals surface area contributed by atoms with Crippen LogP contribution in [0.2, 0.25) is 0 Å². The largest absolute Gasteiger partial charge is 0.488 e. The van der Waals surface area contributed by atoms with Crippen LogP contribution >= 0.6 is 0 Å². The van der Waals surface area contributed by atoms with Crippen molar-refractivity contribution in [2.75, 3.05) is 0 Å². The predicted molar refractivity (Wildman–Crippen MR) is 55.9 cm³/mol. The fourth-order valence-electron chi connectivity index (χ4n) is 1.14. The second-order valence-electron chi connectivity index (χ2n) is 4.04. The summed E-state index contributed by atoms with van der Waals surface area (Å²) in [6.07, 6.45) is 2.06. The van der Waals surface area contributed by atoms with Crippen LogP contribution in [0.5, 0.6) is 5.75 Å². The molecule has 13 heavy (non-hydrogen) atoms. The molecule has 1 aromatic carbocycles. The van der Waals surface area contributed by atoms with Gasteiger partial charge in [-0.2, -0.15) is 0 Å². The molecule has 0 unspecified atom stereocenters. The molecule has 0 aliphatic rings. The SMILES string of the molecule is C[CH]c1ccccc1OC(C)(C)C. The smallest absolute Gasteiger partial charge is 0.123 e. The third-order valence-electron chi connectivity index (χ3n) is 1.65. The van der Waals surface area contributed by atoms with Gasteiger partial charge in [0.2, 0.25) is 0 Å². The molecule has 1 nitrogen and oxygen atoms in total. The molecule has 71 valence electrons. The minimum Gasteiger partial charge on any atom is -0.488 e. The minimum absolute atomic E-state index is 0.126. The average molecular weight is 177 g/mol. The van der Waals surface area contributed by atoms with Gasteiger partial charge in [0.15, 0.2) is 0 Å². The molecule has 1 aromatic rings. The highest BCUT2D eigenvalue weighted by Crippen LogP contribution is 2.23. The Morgan fingerprint density at radius 2 is 1.77 bits per heavy atom. The quantitative estimate of drug-likeness (QED) is 0.672. The molecule has 0 saturated carbocycles. The summed E-state index contributed by atoms with van der Waals surface area (Å²) in [5.74, 6) is 0.956. The molecule has 1 radical (unpaired) electrons. The molecule has 0 aromatic heterocycles. The number of hydrogen-bond donors (Lipinski definition) is 0. The second kappa shape index (κ2) is 3.82. The monoisotopic (exact) mass is 177 g/mol. The van der Waals surface area contributed by atoms with Gasteiger partial charge in [-0.05, 0) is 38.8 Å². The molecule has 1 rings (SSSR count). The summed E-state index contributed by atoms with van der Waals surface area (Å²) in [6.45, 7) is 8.18. The first-order chi connectivity index (χ1) is 6.03. The van der Waals surface area contributed by atoms with E-state index in [1.165, 1.54) is 0 Å². The molecule has 0 fully saturated rings. The van der Waals surface area contributed by atoms with E-state index < -0.39 is 0 Å². The highest BCUT2D eigenvalue weighted by Gasteiger charge is 2.13. The van der Waals surface area contributed by atoms with Crippen LogP contribution in [-0.2, 0) is 0 Å². The Balaban J connectivity index is 2.87. The Hall–Kier alpha value is -0.980. The van der Waals surface area contributed by atoms with Gasteiger partial charge in [-0.25, -0.2) is 0 Å². The molecule has 0 amide bonds. The third-order valence-corrected chi connectivity index (χ3v) is 1.65. The second-order valence-corrected chi connectivity index (χ2v) is 4.04. The van der Waals surface area contributed by atoms with E-state index in [2.05, 4.69) is 33.3 Å². The molecule has 1 heteroatoms. The summed E-state index contributed by atoms with van der Waals surface area (Å²) in [5, 5.41) is 0. The average Bonchev–Trinajstić information content (AvgIpc) is 2.02. The molecule has 0 heterocycles. The zero-order valence-electron chi connectivity index (χ0n) is 8.79. The van der Waals surface area contributed by atoms with Crippen molar-refractivity contribution in [1.29, 1.82) is 0 Å². The van der Waals surface area contributed by atoms with Gasteiger partial charge in [-0.15, -0.1) is 0 Å². The lowest BCUT2D eigenvalue weighted by Gasteiger charge is -2.22. The standard InChI is InChI=1S/C12H17O/c1-5-10-8-6-7-9-11(10)13-12(2,3)4/h5-9H,1-4H3. The fraction of sp³-hybridized carbons (Fsp3) is 0.417. The van der Waals surface area contributed by atoms with Gasteiger partial charge in [0.05, 0.1) is 0 Å². The van der Waals surface area contributed by atoms with Crippen LogP contribution in [0.1, 0.15) is 33.3 Å². The summed E-state index contributed by atoms with van der Waals surface area (Å²) in [5.41, 5.74) is 1.02. The normalized spacial score (nSPS) is 11.4. The zero-order chi connectivity index (χ0) is 9.90. The van der Waals surface area contributed by atoms with Crippen molar-refractivity contribution in [3.8, 4) is 5.75 Å². The fourth-order valence-corrected chi connectivity index (χ4v) is 1.14. The zero-order valence-corrected chi connectivity index (χ0v) is 8.79. The Morgan fingerprint density at radius 1 is 1.15 bits per heavy atom. The first-order valence-corrected chi connectivity index (χ1v) is 4.60. The van der Waals surface area contributed by atoms with Gasteiger partial charge in [-0.1, -0.05) is 25.1 Å². The van der Waals surface area contributed by atoms with Crippen LogP contribution in [0.25, 0.3) is 0 Å². The molecule has 0 bridgehead atoms. The van der Waals surface area contributed by atoms with E-state index in [1.54, 1.807) is 0 Å². The molecule has 0 spiro atoms. The maximum Gasteiger partial charge on any atom is 0.123 e. The molecule has 0 atom stereocenters. The van der Waals surface area contributed by atoms with Crippen molar-refractivity contribution in [2.24, 2.45) is 0 Å². The maximum absolute atomic E-state index is 5.79. The van der Waals surface area contributed by atoms with Crippen LogP contribution in [0.15, 0.2) is 24.3 Å². The van der Waals surface area contributed by atoms with E-state index in [1.807, 2.05) is 25.1 Å². The number of hydrogen-bond acceptors (Lipinski definition) is 1. The predicted octanol–water partition coefficient (Wildman–Crippen LogP) is 3.44. The molecular formula is C12H17O. The Labute approximate surface area is 80.7 Å². The molecular weight excluding hydrogens is 160 g/mol. The van der Waals surface area contributed by atoms with Crippen LogP contribution in [0.3, 0.4) is 0 Å². The van der Waals surface area contributed by atoms with E-state index in [0.29, 0.717) is 0 Å². The van der Waals surface area contributed by atoms with Crippen LogP contribution in [0, 0.1) is 6.42 Å². The van der Waals surface area contributed by atoms with Crippen molar-refractivity contribution in [3.05, 3.63) is 36.2 Å². The van der Waals surface area contributed by atoms with Crippen molar-refractivity contribution < 1.29 is 4.74 Å². The van der Waals surface area contributed by atoms with E-state index in [0.717, 1.165) is 11.3 Å². The van der Waals surface area contributed by atoms with Gasteiger partial charge in [-0.3, -0.25) is 0 Å². The lowest BCUT2D eigenvalue weighted by Crippen LogP contribution is -2.23. The lowest BCUT2D eigenvalue weighted by molar-refractivity contribution is 0.130. The number of para-hydroxylation sites is 1.